The third-order valence-electron chi connectivity index (χ3n) is 6.64. The highest BCUT2D eigenvalue weighted by Gasteiger charge is 2.42. The van der Waals surface area contributed by atoms with Gasteiger partial charge >= 0.3 is 12.1 Å². The second kappa shape index (κ2) is 11.8. The molecule has 2 heterocycles. The number of methoxy groups -OCH3 is 1. The number of benzene rings is 2. The third-order valence-corrected chi connectivity index (χ3v) is 8.35. The van der Waals surface area contributed by atoms with Crippen LogP contribution in [0.15, 0.2) is 59.5 Å². The maximum Gasteiger partial charge on any atom is 0.423 e. The Bertz CT molecular complexity index is 1400. The van der Waals surface area contributed by atoms with Crippen molar-refractivity contribution in [3.63, 3.8) is 0 Å². The highest BCUT2D eigenvalue weighted by atomic mass is 28.3. The maximum absolute atomic E-state index is 14.4. The molecule has 12 heteroatoms. The molecule has 8 nitrogen and oxygen atoms in total. The van der Waals surface area contributed by atoms with Gasteiger partial charge in [-0.3, -0.25) is 4.79 Å². The fourth-order valence-electron chi connectivity index (χ4n) is 4.46. The minimum atomic E-state index is -4.92. The summed E-state index contributed by atoms with van der Waals surface area (Å²) >= 11 is 0. The molecular weight excluding hydrogens is 543 g/mol. The Balaban J connectivity index is 1.62. The van der Waals surface area contributed by atoms with Gasteiger partial charge in [-0.05, 0) is 41.4 Å². The number of hydrogen-bond donors (Lipinski definition) is 0. The van der Waals surface area contributed by atoms with E-state index in [1.54, 1.807) is 30.3 Å². The molecule has 1 atom stereocenters. The molecule has 0 N–H and O–H groups in total. The molecule has 1 aromatic heterocycles. The number of hydrogen-bond acceptors (Lipinski definition) is 7. The molecule has 0 amide bonds. The molecule has 0 fully saturated rings. The number of halogens is 3. The monoisotopic (exact) mass is 575 g/mol. The average molecular weight is 576 g/mol. The number of esters is 1. The molecule has 0 saturated carbocycles. The number of carbonyl (C=O) groups is 1. The van der Waals surface area contributed by atoms with Crippen molar-refractivity contribution < 1.29 is 32.2 Å². The molecule has 4 rings (SSSR count). The molecule has 0 radical (unpaired) electrons. The molecule has 0 aliphatic carbocycles. The second-order valence-corrected chi connectivity index (χ2v) is 16.3. The van der Waals surface area contributed by atoms with Crippen molar-refractivity contribution in [2.24, 2.45) is 0 Å². The summed E-state index contributed by atoms with van der Waals surface area (Å²) in [5, 5.41) is 4.05. The van der Waals surface area contributed by atoms with Crippen LogP contribution in [0, 0.1) is 0 Å². The minimum absolute atomic E-state index is 0.00519. The van der Waals surface area contributed by atoms with Crippen molar-refractivity contribution in [3.05, 3.63) is 87.3 Å². The first-order valence-corrected chi connectivity index (χ1v) is 16.5. The maximum atomic E-state index is 14.4. The van der Waals surface area contributed by atoms with Crippen LogP contribution in [0.5, 0.6) is 5.75 Å². The van der Waals surface area contributed by atoms with Gasteiger partial charge in [0.25, 0.3) is 5.56 Å². The number of rotatable bonds is 10. The average Bonchev–Trinajstić information content (AvgIpc) is 3.27. The van der Waals surface area contributed by atoms with Crippen LogP contribution in [-0.4, -0.2) is 44.1 Å². The van der Waals surface area contributed by atoms with Crippen molar-refractivity contribution >= 4 is 19.7 Å². The molecule has 1 unspecified atom stereocenters. The molecule has 0 saturated heterocycles. The molecule has 1 aliphatic heterocycles. The zero-order valence-electron chi connectivity index (χ0n) is 22.8. The normalized spacial score (nSPS) is 15.2. The number of carbonyl (C=O) groups excluding carboxylic acids is 1. The van der Waals surface area contributed by atoms with E-state index in [1.807, 2.05) is 18.2 Å². The summed E-state index contributed by atoms with van der Waals surface area (Å²) in [5.74, 6) is -0.0668. The molecule has 3 aromatic rings. The topological polar surface area (TPSA) is 82.9 Å². The van der Waals surface area contributed by atoms with Crippen molar-refractivity contribution in [2.45, 2.75) is 51.2 Å². The van der Waals surface area contributed by atoms with E-state index < -0.39 is 37.4 Å². The van der Waals surface area contributed by atoms with Gasteiger partial charge < -0.3 is 19.1 Å². The summed E-state index contributed by atoms with van der Waals surface area (Å²) in [6, 6.07) is 13.7. The number of fused-ring (bicyclic) bond motifs is 1. The standard InChI is InChI=1S/C28H32F3N3O5Si/c1-37-27(36)19-9-11-21(12-10-19)39-17-24-22-8-6-5-7-20(22)16-33(24)23-15-32-34(18-38-13-14-40(2,3)4)26(35)25(23)28(29,30)31/h5-12,15,24H,13-14,16-18H2,1-4H3. The quantitative estimate of drug-likeness (QED) is 0.179. The van der Waals surface area contributed by atoms with Crippen molar-refractivity contribution in [2.75, 3.05) is 25.2 Å². The smallest absolute Gasteiger partial charge is 0.423 e. The second-order valence-electron chi connectivity index (χ2n) is 10.7. The van der Waals surface area contributed by atoms with Crippen LogP contribution in [0.2, 0.25) is 25.7 Å². The number of aromatic nitrogens is 2. The van der Waals surface area contributed by atoms with Crippen LogP contribution in [0.1, 0.15) is 33.1 Å². The molecule has 2 aromatic carbocycles. The fourth-order valence-corrected chi connectivity index (χ4v) is 5.22. The van der Waals surface area contributed by atoms with Crippen molar-refractivity contribution in [1.82, 2.24) is 9.78 Å². The number of alkyl halides is 3. The lowest BCUT2D eigenvalue weighted by Crippen LogP contribution is -2.36. The van der Waals surface area contributed by atoms with E-state index in [4.69, 9.17) is 14.2 Å². The van der Waals surface area contributed by atoms with Gasteiger partial charge in [-0.2, -0.15) is 18.3 Å². The Morgan fingerprint density at radius 2 is 1.80 bits per heavy atom. The Kier molecular flexibility index (Phi) is 8.69. The van der Waals surface area contributed by atoms with Gasteiger partial charge in [0.15, 0.2) is 0 Å². The summed E-state index contributed by atoms with van der Waals surface area (Å²) in [6.07, 6.45) is -3.84. The highest BCUT2D eigenvalue weighted by molar-refractivity contribution is 6.76. The zero-order valence-corrected chi connectivity index (χ0v) is 23.8. The lowest BCUT2D eigenvalue weighted by Gasteiger charge is -2.29. The van der Waals surface area contributed by atoms with Gasteiger partial charge in [-0.1, -0.05) is 43.9 Å². The molecular formula is C28H32F3N3O5Si. The number of ether oxygens (including phenoxy) is 3. The SMILES string of the molecule is COC(=O)c1ccc(OCC2c3ccccc3CN2c2cnn(COCC[Si](C)(C)C)c(=O)c2C(F)(F)F)cc1. The van der Waals surface area contributed by atoms with Crippen LogP contribution in [0.4, 0.5) is 18.9 Å². The van der Waals surface area contributed by atoms with Crippen LogP contribution >= 0.6 is 0 Å². The van der Waals surface area contributed by atoms with E-state index in [9.17, 15) is 22.8 Å². The zero-order chi connectivity index (χ0) is 29.1. The predicted molar refractivity (Wildman–Crippen MR) is 146 cm³/mol. The van der Waals surface area contributed by atoms with Gasteiger partial charge in [-0.25, -0.2) is 9.48 Å². The van der Waals surface area contributed by atoms with E-state index >= 15 is 0 Å². The van der Waals surface area contributed by atoms with Crippen LogP contribution in [-0.2, 0) is 28.9 Å². The first kappa shape index (κ1) is 29.3. The predicted octanol–water partition coefficient (Wildman–Crippen LogP) is 5.50. The third kappa shape index (κ3) is 6.73. The fraction of sp³-hybridized carbons (Fsp3) is 0.393. The molecule has 1 aliphatic rings. The van der Waals surface area contributed by atoms with Crippen LogP contribution in [0.25, 0.3) is 0 Å². The summed E-state index contributed by atoms with van der Waals surface area (Å²) < 4.78 is 59.9. The van der Waals surface area contributed by atoms with Gasteiger partial charge in [0, 0.05) is 21.2 Å². The Hall–Kier alpha value is -3.64. The van der Waals surface area contributed by atoms with Gasteiger partial charge in [-0.15, -0.1) is 0 Å². The van der Waals surface area contributed by atoms with Crippen LogP contribution < -0.4 is 15.2 Å². The Labute approximate surface area is 231 Å². The largest absolute Gasteiger partial charge is 0.491 e. The first-order valence-electron chi connectivity index (χ1n) is 12.8. The number of anilines is 1. The van der Waals surface area contributed by atoms with Crippen LogP contribution in [0.3, 0.4) is 0 Å². The van der Waals surface area contributed by atoms with E-state index in [2.05, 4.69) is 24.7 Å². The Morgan fingerprint density at radius 1 is 1.10 bits per heavy atom. The molecule has 0 spiro atoms. The molecule has 214 valence electrons. The number of nitrogens with zero attached hydrogens (tertiary/aromatic N) is 3. The molecule has 40 heavy (non-hydrogen) atoms. The van der Waals surface area contributed by atoms with Gasteiger partial charge in [0.05, 0.1) is 30.6 Å². The van der Waals surface area contributed by atoms with E-state index in [-0.39, 0.29) is 25.6 Å². The lowest BCUT2D eigenvalue weighted by atomic mass is 10.1. The molecule has 0 bridgehead atoms. The summed E-state index contributed by atoms with van der Waals surface area (Å²) in [4.78, 5) is 26.3. The van der Waals surface area contributed by atoms with Gasteiger partial charge in [0.2, 0.25) is 0 Å². The van der Waals surface area contributed by atoms with Crippen molar-refractivity contribution in [1.29, 1.82) is 0 Å². The summed E-state index contributed by atoms with van der Waals surface area (Å²) in [5.41, 5.74) is -0.913. The van der Waals surface area contributed by atoms with E-state index in [1.165, 1.54) is 12.0 Å². The summed E-state index contributed by atoms with van der Waals surface area (Å²) in [6.45, 7) is 6.59. The first-order chi connectivity index (χ1) is 18.9. The highest BCUT2D eigenvalue weighted by Crippen LogP contribution is 2.42. The lowest BCUT2D eigenvalue weighted by molar-refractivity contribution is -0.138. The van der Waals surface area contributed by atoms with Crippen molar-refractivity contribution in [3.8, 4) is 5.75 Å². The minimum Gasteiger partial charge on any atom is -0.491 e. The van der Waals surface area contributed by atoms with E-state index in [0.29, 0.717) is 22.6 Å². The Morgan fingerprint density at radius 3 is 2.45 bits per heavy atom. The summed E-state index contributed by atoms with van der Waals surface area (Å²) in [7, 11) is -0.129. The van der Waals surface area contributed by atoms with Gasteiger partial charge in [0.1, 0.15) is 24.7 Å². The van der Waals surface area contributed by atoms with E-state index in [0.717, 1.165) is 23.4 Å².